The minimum atomic E-state index is -4.42. The third kappa shape index (κ3) is 3.31. The average Bonchev–Trinajstić information content (AvgIpc) is 3.33. The van der Waals surface area contributed by atoms with Crippen LogP contribution in [0.15, 0.2) is 42.5 Å². The normalized spacial score (nSPS) is 11.9. The quantitative estimate of drug-likeness (QED) is 0.490. The second-order valence-corrected chi connectivity index (χ2v) is 6.21. The number of hydrogen-bond acceptors (Lipinski definition) is 4. The van der Waals surface area contributed by atoms with Crippen molar-refractivity contribution in [3.63, 3.8) is 0 Å². The van der Waals surface area contributed by atoms with E-state index in [1.54, 1.807) is 24.3 Å². The summed E-state index contributed by atoms with van der Waals surface area (Å²) in [6.07, 6.45) is -4.42. The number of hydrogen-bond donors (Lipinski definition) is 3. The van der Waals surface area contributed by atoms with Crippen LogP contribution in [0.2, 0.25) is 0 Å². The van der Waals surface area contributed by atoms with E-state index in [-0.39, 0.29) is 12.1 Å². The number of nitrogens with zero attached hydrogens (tertiary/aromatic N) is 2. The first kappa shape index (κ1) is 18.1. The van der Waals surface area contributed by atoms with Gasteiger partial charge in [-0.1, -0.05) is 0 Å². The molecule has 6 nitrogen and oxygen atoms in total. The highest BCUT2D eigenvalue weighted by Gasteiger charge is 2.30. The Morgan fingerprint density at radius 1 is 1.11 bits per heavy atom. The molecule has 3 N–H and O–H groups in total. The maximum absolute atomic E-state index is 12.9. The lowest BCUT2D eigenvalue weighted by Crippen LogP contribution is -2.04. The second kappa shape index (κ2) is 6.68. The first-order valence-corrected chi connectivity index (χ1v) is 8.29. The Kier molecular flexibility index (Phi) is 4.31. The van der Waals surface area contributed by atoms with Gasteiger partial charge in [0.2, 0.25) is 0 Å². The van der Waals surface area contributed by atoms with Crippen LogP contribution in [0.3, 0.4) is 0 Å². The van der Waals surface area contributed by atoms with Gasteiger partial charge in [0.1, 0.15) is 11.4 Å². The Labute approximate surface area is 157 Å². The molecule has 0 saturated heterocycles. The van der Waals surface area contributed by atoms with Crippen molar-refractivity contribution in [1.82, 2.24) is 20.2 Å². The van der Waals surface area contributed by atoms with E-state index in [1.807, 2.05) is 0 Å². The van der Waals surface area contributed by atoms with E-state index >= 15 is 0 Å². The highest BCUT2D eigenvalue weighted by Crippen LogP contribution is 2.32. The van der Waals surface area contributed by atoms with E-state index in [0.29, 0.717) is 34.0 Å². The van der Waals surface area contributed by atoms with E-state index in [0.717, 1.165) is 17.7 Å². The van der Waals surface area contributed by atoms with Crippen LogP contribution < -0.4 is 4.74 Å². The molecule has 4 rings (SSSR count). The molecule has 144 valence electrons. The first-order valence-electron chi connectivity index (χ1n) is 8.29. The molecule has 2 heterocycles. The van der Waals surface area contributed by atoms with Crippen molar-refractivity contribution in [1.29, 1.82) is 0 Å². The predicted octanol–water partition coefficient (Wildman–Crippen LogP) is 4.14. The van der Waals surface area contributed by atoms with E-state index in [4.69, 9.17) is 4.74 Å². The number of H-pyrrole nitrogens is 2. The number of halogens is 3. The Morgan fingerprint density at radius 3 is 2.64 bits per heavy atom. The topological polar surface area (TPSA) is 86.8 Å². The molecule has 0 radical (unpaired) electrons. The number of methoxy groups -OCH3 is 1. The molecule has 0 fully saturated rings. The minimum absolute atomic E-state index is 0.146. The fourth-order valence-electron chi connectivity index (χ4n) is 2.92. The van der Waals surface area contributed by atoms with Gasteiger partial charge in [-0.3, -0.25) is 5.10 Å². The van der Waals surface area contributed by atoms with Gasteiger partial charge in [0.15, 0.2) is 5.82 Å². The Bertz CT molecular complexity index is 1130. The number of rotatable bonds is 4. The van der Waals surface area contributed by atoms with Gasteiger partial charge in [0.25, 0.3) is 0 Å². The Morgan fingerprint density at radius 2 is 1.93 bits per heavy atom. The van der Waals surface area contributed by atoms with Crippen molar-refractivity contribution in [2.24, 2.45) is 0 Å². The van der Waals surface area contributed by atoms with Crippen LogP contribution in [0.1, 0.15) is 11.1 Å². The maximum Gasteiger partial charge on any atom is 0.416 e. The molecule has 4 aromatic rings. The van der Waals surface area contributed by atoms with Crippen LogP contribution in [0.5, 0.6) is 5.75 Å². The first-order chi connectivity index (χ1) is 13.4. The molecule has 9 heteroatoms. The number of imidazole rings is 1. The molecule has 0 bridgehead atoms. The van der Waals surface area contributed by atoms with Crippen molar-refractivity contribution in [3.05, 3.63) is 53.6 Å². The zero-order chi connectivity index (χ0) is 19.9. The molecule has 0 atom stereocenters. The zero-order valence-corrected chi connectivity index (χ0v) is 14.6. The number of aliphatic hydroxyl groups excluding tert-OH is 1. The fraction of sp³-hybridized carbons (Fsp3) is 0.158. The third-order valence-electron chi connectivity index (χ3n) is 4.32. The zero-order valence-electron chi connectivity index (χ0n) is 14.6. The molecule has 0 saturated carbocycles. The smallest absolute Gasteiger partial charge is 0.416 e. The molecule has 0 unspecified atom stereocenters. The summed E-state index contributed by atoms with van der Waals surface area (Å²) < 4.78 is 43.9. The van der Waals surface area contributed by atoms with Crippen LogP contribution in [0.4, 0.5) is 13.2 Å². The van der Waals surface area contributed by atoms with Gasteiger partial charge in [0.05, 0.1) is 36.0 Å². The standard InChI is InChI=1S/C19H15F3N4O2/c1-28-13-5-10(9-27)4-11(6-13)15-8-17(26-25-15)18-23-14-3-2-12(19(20,21)22)7-16(14)24-18/h2-8,27H,9H2,1H3,(H,23,24)(H,25,26). The number of aromatic nitrogens is 4. The fourth-order valence-corrected chi connectivity index (χ4v) is 2.92. The van der Waals surface area contributed by atoms with Gasteiger partial charge in [-0.25, -0.2) is 4.98 Å². The lowest BCUT2D eigenvalue weighted by atomic mass is 10.1. The van der Waals surface area contributed by atoms with Gasteiger partial charge < -0.3 is 14.8 Å². The van der Waals surface area contributed by atoms with E-state index < -0.39 is 11.7 Å². The minimum Gasteiger partial charge on any atom is -0.497 e. The van der Waals surface area contributed by atoms with E-state index in [2.05, 4.69) is 20.2 Å². The lowest BCUT2D eigenvalue weighted by molar-refractivity contribution is -0.137. The second-order valence-electron chi connectivity index (χ2n) is 6.21. The van der Waals surface area contributed by atoms with Crippen molar-refractivity contribution < 1.29 is 23.0 Å². The monoisotopic (exact) mass is 388 g/mol. The van der Waals surface area contributed by atoms with Crippen LogP contribution >= 0.6 is 0 Å². The third-order valence-corrected chi connectivity index (χ3v) is 4.32. The summed E-state index contributed by atoms with van der Waals surface area (Å²) >= 11 is 0. The highest BCUT2D eigenvalue weighted by atomic mass is 19.4. The maximum atomic E-state index is 12.9. The van der Waals surface area contributed by atoms with Crippen LogP contribution in [-0.4, -0.2) is 32.4 Å². The summed E-state index contributed by atoms with van der Waals surface area (Å²) in [5.74, 6) is 0.952. The van der Waals surface area contributed by atoms with Crippen molar-refractivity contribution in [3.8, 4) is 28.5 Å². The highest BCUT2D eigenvalue weighted by molar-refractivity contribution is 5.80. The van der Waals surface area contributed by atoms with Gasteiger partial charge in [-0.05, 0) is 48.0 Å². The molecule has 0 amide bonds. The summed E-state index contributed by atoms with van der Waals surface area (Å²) in [5, 5.41) is 16.5. The van der Waals surface area contributed by atoms with Crippen LogP contribution in [-0.2, 0) is 12.8 Å². The molecule has 0 aliphatic carbocycles. The molecule has 0 spiro atoms. The SMILES string of the molecule is COc1cc(CO)cc(-c2cc(-c3nc4ccc(C(F)(F)F)cc4[nH]3)[nH]n2)c1. The predicted molar refractivity (Wildman–Crippen MR) is 96.6 cm³/mol. The summed E-state index contributed by atoms with van der Waals surface area (Å²) in [5.41, 5.74) is 2.46. The van der Waals surface area contributed by atoms with E-state index in [9.17, 15) is 18.3 Å². The summed E-state index contributed by atoms with van der Waals surface area (Å²) in [6, 6.07) is 10.3. The van der Waals surface area contributed by atoms with E-state index in [1.165, 1.54) is 13.2 Å². The van der Waals surface area contributed by atoms with Crippen LogP contribution in [0.25, 0.3) is 33.8 Å². The molecule has 0 aliphatic heterocycles. The Balaban J connectivity index is 1.71. The van der Waals surface area contributed by atoms with Gasteiger partial charge in [-0.2, -0.15) is 18.3 Å². The molecular formula is C19H15F3N4O2. The van der Waals surface area contributed by atoms with Gasteiger partial charge in [-0.15, -0.1) is 0 Å². The van der Waals surface area contributed by atoms with Crippen LogP contribution in [0, 0.1) is 0 Å². The molecule has 2 aromatic heterocycles. The number of aliphatic hydroxyl groups is 1. The van der Waals surface area contributed by atoms with Gasteiger partial charge >= 0.3 is 6.18 Å². The molecular weight excluding hydrogens is 373 g/mol. The van der Waals surface area contributed by atoms with Crippen molar-refractivity contribution in [2.75, 3.05) is 7.11 Å². The number of fused-ring (bicyclic) bond motifs is 1. The summed E-state index contributed by atoms with van der Waals surface area (Å²) in [6.45, 7) is -0.146. The molecule has 2 aromatic carbocycles. The number of aromatic amines is 2. The summed E-state index contributed by atoms with van der Waals surface area (Å²) in [7, 11) is 1.53. The Hall–Kier alpha value is -3.33. The number of alkyl halides is 3. The summed E-state index contributed by atoms with van der Waals surface area (Å²) in [4.78, 5) is 7.21. The van der Waals surface area contributed by atoms with Crippen molar-refractivity contribution in [2.45, 2.75) is 12.8 Å². The number of benzene rings is 2. The average molecular weight is 388 g/mol. The molecule has 28 heavy (non-hydrogen) atoms. The molecule has 0 aliphatic rings. The largest absolute Gasteiger partial charge is 0.497 e. The lowest BCUT2D eigenvalue weighted by Gasteiger charge is -2.05. The number of nitrogens with one attached hydrogen (secondary N) is 2. The number of ether oxygens (including phenoxy) is 1. The van der Waals surface area contributed by atoms with Crippen molar-refractivity contribution >= 4 is 11.0 Å². The van der Waals surface area contributed by atoms with Gasteiger partial charge in [0, 0.05) is 5.56 Å².